The molecule has 0 saturated carbocycles. The molecule has 0 spiro atoms. The number of aliphatic hydroxyl groups excluding tert-OH is 1. The maximum Gasteiger partial charge on any atom is 0.253 e. The van der Waals surface area contributed by atoms with E-state index in [0.29, 0.717) is 36.5 Å². The van der Waals surface area contributed by atoms with E-state index < -0.39 is 11.9 Å². The number of likely N-dealkylation sites (tertiary alicyclic amines) is 1. The van der Waals surface area contributed by atoms with Gasteiger partial charge in [0, 0.05) is 55.1 Å². The number of hydrogen-bond donors (Lipinski definition) is 3. The third-order valence-electron chi connectivity index (χ3n) is 9.26. The minimum Gasteiger partial charge on any atom is -0.392 e. The summed E-state index contributed by atoms with van der Waals surface area (Å²) in [6, 6.07) is 26.8. The van der Waals surface area contributed by atoms with Crippen molar-refractivity contribution in [2.75, 3.05) is 19.6 Å². The SMILES string of the molecule is C[C@@H]1[C@H](CN2CCC(O)(c3ccc(Cl)cc3)CC2)O[C@H](c2ccc(CNC(=O)c3cccnc3)cc2)O[C@@H]1c1ccc(CO)cc1. The Morgan fingerprint density at radius 3 is 2.28 bits per heavy atom. The molecule has 0 radical (unpaired) electrons. The number of piperidine rings is 1. The highest BCUT2D eigenvalue weighted by atomic mass is 35.5. The average molecular weight is 642 g/mol. The molecule has 6 rings (SSSR count). The number of hydrogen-bond acceptors (Lipinski definition) is 7. The standard InChI is InChI=1S/C37H40ClN3O5/c1-25-33(23-41-19-16-37(44,17-20-41)31-12-14-32(38)15-13-31)45-36(46-34(25)28-8-6-27(24-42)7-9-28)29-10-4-26(5-11-29)21-40-35(43)30-3-2-18-39-22-30/h2-15,18,22,25,33-34,36,42,44H,16-17,19-21,23-24H2,1H3,(H,40,43)/t25-,33+,34+,36+/m1/s1. The van der Waals surface area contributed by atoms with Gasteiger partial charge in [-0.2, -0.15) is 0 Å². The van der Waals surface area contributed by atoms with Gasteiger partial charge in [-0.05, 0) is 59.4 Å². The molecule has 0 unspecified atom stereocenters. The van der Waals surface area contributed by atoms with Crippen LogP contribution in [0.5, 0.6) is 0 Å². The Hall–Kier alpha value is -3.63. The Balaban J connectivity index is 1.15. The van der Waals surface area contributed by atoms with E-state index in [1.165, 1.54) is 0 Å². The quantitative estimate of drug-likeness (QED) is 0.208. The van der Waals surface area contributed by atoms with Crippen LogP contribution in [0.4, 0.5) is 0 Å². The highest BCUT2D eigenvalue weighted by Gasteiger charge is 2.41. The van der Waals surface area contributed by atoms with Crippen molar-refractivity contribution in [3.8, 4) is 0 Å². The van der Waals surface area contributed by atoms with Gasteiger partial charge in [-0.25, -0.2) is 0 Å². The van der Waals surface area contributed by atoms with E-state index in [0.717, 1.165) is 40.9 Å². The molecule has 4 atom stereocenters. The molecule has 1 amide bonds. The molecule has 1 aromatic heterocycles. The summed E-state index contributed by atoms with van der Waals surface area (Å²) in [7, 11) is 0. The maximum atomic E-state index is 12.5. The summed E-state index contributed by atoms with van der Waals surface area (Å²) in [4.78, 5) is 18.8. The lowest BCUT2D eigenvalue weighted by Gasteiger charge is -2.45. The van der Waals surface area contributed by atoms with Gasteiger partial charge in [0.2, 0.25) is 0 Å². The number of benzene rings is 3. The first kappa shape index (κ1) is 32.3. The molecule has 3 aromatic carbocycles. The zero-order valence-corrected chi connectivity index (χ0v) is 26.6. The third kappa shape index (κ3) is 7.50. The number of nitrogens with zero attached hydrogens (tertiary/aromatic N) is 2. The first-order chi connectivity index (χ1) is 22.3. The van der Waals surface area contributed by atoms with Crippen LogP contribution < -0.4 is 5.32 Å². The van der Waals surface area contributed by atoms with E-state index in [1.54, 1.807) is 24.5 Å². The summed E-state index contributed by atoms with van der Waals surface area (Å²) in [5.41, 5.74) is 4.29. The molecule has 2 fully saturated rings. The summed E-state index contributed by atoms with van der Waals surface area (Å²) >= 11 is 6.08. The topological polar surface area (TPSA) is 104 Å². The van der Waals surface area contributed by atoms with E-state index in [-0.39, 0.29) is 30.6 Å². The highest BCUT2D eigenvalue weighted by Crippen LogP contribution is 2.42. The molecule has 3 N–H and O–H groups in total. The third-order valence-corrected chi connectivity index (χ3v) is 9.51. The van der Waals surface area contributed by atoms with E-state index in [9.17, 15) is 15.0 Å². The lowest BCUT2D eigenvalue weighted by Crippen LogP contribution is -2.49. The van der Waals surface area contributed by atoms with E-state index in [2.05, 4.69) is 22.1 Å². The largest absolute Gasteiger partial charge is 0.392 e. The van der Waals surface area contributed by atoms with Gasteiger partial charge in [-0.1, -0.05) is 79.2 Å². The van der Waals surface area contributed by atoms with Gasteiger partial charge in [0.25, 0.3) is 5.91 Å². The Kier molecular flexibility index (Phi) is 10.1. The van der Waals surface area contributed by atoms with Crippen molar-refractivity contribution in [2.45, 2.75) is 57.0 Å². The predicted octanol–water partition coefficient (Wildman–Crippen LogP) is 5.93. The van der Waals surface area contributed by atoms with Gasteiger partial charge in [0.15, 0.2) is 6.29 Å². The molecule has 2 aliphatic rings. The fraction of sp³-hybridized carbons (Fsp3) is 0.351. The van der Waals surface area contributed by atoms with Crippen LogP contribution in [0.1, 0.15) is 70.3 Å². The monoisotopic (exact) mass is 641 g/mol. The Bertz CT molecular complexity index is 1580. The van der Waals surface area contributed by atoms with Crippen LogP contribution in [-0.4, -0.2) is 51.7 Å². The molecule has 3 heterocycles. The van der Waals surface area contributed by atoms with Crippen LogP contribution in [0.15, 0.2) is 97.3 Å². The molecule has 0 aliphatic carbocycles. The van der Waals surface area contributed by atoms with Gasteiger partial charge in [-0.15, -0.1) is 0 Å². The van der Waals surface area contributed by atoms with Crippen molar-refractivity contribution >= 4 is 17.5 Å². The molecule has 8 nitrogen and oxygen atoms in total. The van der Waals surface area contributed by atoms with E-state index >= 15 is 0 Å². The van der Waals surface area contributed by atoms with Crippen molar-refractivity contribution in [3.63, 3.8) is 0 Å². The van der Waals surface area contributed by atoms with Crippen molar-refractivity contribution in [2.24, 2.45) is 5.92 Å². The number of pyridine rings is 1. The van der Waals surface area contributed by atoms with Crippen LogP contribution in [0.25, 0.3) is 0 Å². The van der Waals surface area contributed by atoms with Crippen molar-refractivity contribution in [3.05, 3.63) is 136 Å². The molecule has 2 saturated heterocycles. The van der Waals surface area contributed by atoms with Crippen LogP contribution in [0.3, 0.4) is 0 Å². The first-order valence-corrected chi connectivity index (χ1v) is 16.2. The van der Waals surface area contributed by atoms with Crippen LogP contribution in [0.2, 0.25) is 5.02 Å². The predicted molar refractivity (Wildman–Crippen MR) is 176 cm³/mol. The number of carbonyl (C=O) groups is 1. The fourth-order valence-corrected chi connectivity index (χ4v) is 6.44. The van der Waals surface area contributed by atoms with Gasteiger partial charge in [0.1, 0.15) is 0 Å². The first-order valence-electron chi connectivity index (χ1n) is 15.8. The Morgan fingerprint density at radius 1 is 0.957 bits per heavy atom. The number of rotatable bonds is 9. The number of aliphatic hydroxyl groups is 2. The van der Waals surface area contributed by atoms with Gasteiger partial charge in [0.05, 0.1) is 30.0 Å². The van der Waals surface area contributed by atoms with Crippen molar-refractivity contribution < 1.29 is 24.5 Å². The molecule has 9 heteroatoms. The number of ether oxygens (including phenoxy) is 2. The molecule has 240 valence electrons. The summed E-state index contributed by atoms with van der Waals surface area (Å²) in [5.74, 6) is -0.123. The van der Waals surface area contributed by atoms with E-state index in [4.69, 9.17) is 21.1 Å². The fourth-order valence-electron chi connectivity index (χ4n) is 6.31. The minimum atomic E-state index is -0.873. The molecule has 2 aliphatic heterocycles. The smallest absolute Gasteiger partial charge is 0.253 e. The number of aromatic nitrogens is 1. The van der Waals surface area contributed by atoms with Gasteiger partial charge in [-0.3, -0.25) is 9.78 Å². The second-order valence-electron chi connectivity index (χ2n) is 12.3. The van der Waals surface area contributed by atoms with Gasteiger partial charge >= 0.3 is 0 Å². The second-order valence-corrected chi connectivity index (χ2v) is 12.8. The number of carbonyl (C=O) groups excluding carboxylic acids is 1. The lowest BCUT2D eigenvalue weighted by molar-refractivity contribution is -0.277. The summed E-state index contributed by atoms with van der Waals surface area (Å²) in [6.07, 6.45) is 3.51. The summed E-state index contributed by atoms with van der Waals surface area (Å²) in [6.45, 7) is 4.73. The lowest BCUT2D eigenvalue weighted by atomic mass is 9.84. The van der Waals surface area contributed by atoms with Crippen molar-refractivity contribution in [1.82, 2.24) is 15.2 Å². The van der Waals surface area contributed by atoms with E-state index in [1.807, 2.05) is 72.8 Å². The number of nitrogens with one attached hydrogen (secondary N) is 1. The van der Waals surface area contributed by atoms with Crippen molar-refractivity contribution in [1.29, 1.82) is 0 Å². The van der Waals surface area contributed by atoms with Crippen LogP contribution in [0, 0.1) is 5.92 Å². The molecule has 46 heavy (non-hydrogen) atoms. The molecular formula is C37H40ClN3O5. The molecule has 0 bridgehead atoms. The highest BCUT2D eigenvalue weighted by molar-refractivity contribution is 6.30. The zero-order valence-electron chi connectivity index (χ0n) is 25.9. The number of halogens is 1. The summed E-state index contributed by atoms with van der Waals surface area (Å²) in [5, 5.41) is 24.6. The average Bonchev–Trinajstić information content (AvgIpc) is 3.10. The van der Waals surface area contributed by atoms with Crippen LogP contribution >= 0.6 is 11.6 Å². The van der Waals surface area contributed by atoms with Gasteiger partial charge < -0.3 is 29.9 Å². The maximum absolute atomic E-state index is 12.5. The van der Waals surface area contributed by atoms with Crippen LogP contribution in [-0.2, 0) is 28.2 Å². The Morgan fingerprint density at radius 2 is 1.63 bits per heavy atom. The zero-order chi connectivity index (χ0) is 32.1. The minimum absolute atomic E-state index is 0.0118. The molecular weight excluding hydrogens is 602 g/mol. The normalized spacial score (nSPS) is 23.1. The Labute approximate surface area is 275 Å². The second kappa shape index (κ2) is 14.4. The number of amides is 1. The molecule has 4 aromatic rings. The summed E-state index contributed by atoms with van der Waals surface area (Å²) < 4.78 is 13.3.